The number of sulfonamides is 1. The highest BCUT2D eigenvalue weighted by Gasteiger charge is 2.22. The van der Waals surface area contributed by atoms with Crippen molar-refractivity contribution in [2.45, 2.75) is 37.6 Å². The Labute approximate surface area is 127 Å². The molecular weight excluding hydrogens is 286 g/mol. The third-order valence-electron chi connectivity index (χ3n) is 3.80. The average molecular weight is 311 g/mol. The number of piperidine rings is 1. The number of likely N-dealkylation sites (tertiary alicyclic amines) is 1. The summed E-state index contributed by atoms with van der Waals surface area (Å²) in [6.45, 7) is 6.99. The molecule has 0 spiro atoms. The van der Waals surface area contributed by atoms with Gasteiger partial charge in [-0.05, 0) is 50.4 Å². The Morgan fingerprint density at radius 2 is 2.24 bits per heavy atom. The van der Waals surface area contributed by atoms with Crippen molar-refractivity contribution in [2.75, 3.05) is 25.4 Å². The molecule has 5 nitrogen and oxygen atoms in total. The highest BCUT2D eigenvalue weighted by Crippen LogP contribution is 2.16. The van der Waals surface area contributed by atoms with Crippen LogP contribution in [0.15, 0.2) is 29.2 Å². The quantitative estimate of drug-likeness (QED) is 0.811. The first-order valence-electron chi connectivity index (χ1n) is 7.47. The molecule has 0 radical (unpaired) electrons. The summed E-state index contributed by atoms with van der Waals surface area (Å²) in [4.78, 5) is 2.56. The van der Waals surface area contributed by atoms with Gasteiger partial charge in [0.1, 0.15) is 0 Å². The van der Waals surface area contributed by atoms with Crippen molar-refractivity contribution in [3.63, 3.8) is 0 Å². The molecule has 21 heavy (non-hydrogen) atoms. The minimum atomic E-state index is -3.50. The molecule has 2 rings (SSSR count). The monoisotopic (exact) mass is 311 g/mol. The molecule has 1 heterocycles. The van der Waals surface area contributed by atoms with Crippen molar-refractivity contribution in [1.29, 1.82) is 0 Å². The van der Waals surface area contributed by atoms with E-state index in [2.05, 4.69) is 16.5 Å². The van der Waals surface area contributed by atoms with Crippen molar-refractivity contribution in [2.24, 2.45) is 5.92 Å². The second-order valence-corrected chi connectivity index (χ2v) is 7.82. The summed E-state index contributed by atoms with van der Waals surface area (Å²) >= 11 is 0. The van der Waals surface area contributed by atoms with E-state index in [0.717, 1.165) is 19.6 Å². The molecule has 1 saturated heterocycles. The van der Waals surface area contributed by atoms with Crippen LogP contribution in [0, 0.1) is 5.92 Å². The molecule has 6 heteroatoms. The number of rotatable bonds is 5. The van der Waals surface area contributed by atoms with Crippen molar-refractivity contribution in [3.05, 3.63) is 24.3 Å². The molecule has 0 bridgehead atoms. The van der Waals surface area contributed by atoms with Gasteiger partial charge in [0.15, 0.2) is 0 Å². The number of nitrogens with one attached hydrogen (secondary N) is 1. The predicted molar refractivity (Wildman–Crippen MR) is 85.5 cm³/mol. The minimum absolute atomic E-state index is 0.123. The van der Waals surface area contributed by atoms with Crippen LogP contribution in [0.3, 0.4) is 0 Å². The van der Waals surface area contributed by atoms with E-state index >= 15 is 0 Å². The van der Waals surface area contributed by atoms with E-state index in [1.807, 2.05) is 6.92 Å². The molecule has 1 fully saturated rings. The molecule has 0 unspecified atom stereocenters. The van der Waals surface area contributed by atoms with E-state index in [0.29, 0.717) is 11.6 Å². The van der Waals surface area contributed by atoms with Crippen LogP contribution in [0.2, 0.25) is 0 Å². The van der Waals surface area contributed by atoms with Gasteiger partial charge in [-0.2, -0.15) is 0 Å². The van der Waals surface area contributed by atoms with Gasteiger partial charge < -0.3 is 10.6 Å². The maximum absolute atomic E-state index is 12.3. The highest BCUT2D eigenvalue weighted by molar-refractivity contribution is 7.89. The molecule has 1 aromatic rings. The number of hydrogen-bond acceptors (Lipinski definition) is 4. The van der Waals surface area contributed by atoms with Crippen LogP contribution in [0.25, 0.3) is 0 Å². The van der Waals surface area contributed by atoms with Crippen molar-refractivity contribution in [1.82, 2.24) is 9.62 Å². The molecule has 1 aliphatic rings. The first-order valence-corrected chi connectivity index (χ1v) is 8.95. The molecule has 0 aliphatic carbocycles. The summed E-state index contributed by atoms with van der Waals surface area (Å²) < 4.78 is 27.4. The highest BCUT2D eigenvalue weighted by atomic mass is 32.2. The largest absolute Gasteiger partial charge is 0.399 e. The van der Waals surface area contributed by atoms with Gasteiger partial charge in [-0.1, -0.05) is 13.0 Å². The van der Waals surface area contributed by atoms with Crippen LogP contribution >= 0.6 is 0 Å². The van der Waals surface area contributed by atoms with Gasteiger partial charge in [0.25, 0.3) is 0 Å². The molecule has 0 aromatic heterocycles. The van der Waals surface area contributed by atoms with E-state index in [1.54, 1.807) is 18.2 Å². The van der Waals surface area contributed by atoms with Gasteiger partial charge in [-0.3, -0.25) is 0 Å². The third-order valence-corrected chi connectivity index (χ3v) is 5.39. The summed E-state index contributed by atoms with van der Waals surface area (Å²) in [5.41, 5.74) is 6.10. The van der Waals surface area contributed by atoms with E-state index in [-0.39, 0.29) is 10.9 Å². The fraction of sp³-hybridized carbons (Fsp3) is 0.600. The van der Waals surface area contributed by atoms with Crippen molar-refractivity contribution >= 4 is 15.7 Å². The van der Waals surface area contributed by atoms with E-state index < -0.39 is 10.0 Å². The number of nitrogens with two attached hydrogens (primary N) is 1. The summed E-state index contributed by atoms with van der Waals surface area (Å²) in [5.74, 6) is 0.691. The van der Waals surface area contributed by atoms with Crippen LogP contribution in [-0.2, 0) is 10.0 Å². The lowest BCUT2D eigenvalue weighted by molar-refractivity contribution is 0.174. The first-order chi connectivity index (χ1) is 9.87. The van der Waals surface area contributed by atoms with Gasteiger partial charge >= 0.3 is 0 Å². The molecule has 0 saturated carbocycles. The van der Waals surface area contributed by atoms with Gasteiger partial charge in [-0.15, -0.1) is 0 Å². The average Bonchev–Trinajstić information content (AvgIpc) is 2.37. The second-order valence-electron chi connectivity index (χ2n) is 6.10. The normalized spacial score (nSPS) is 22.1. The predicted octanol–water partition coefficient (Wildman–Crippen LogP) is 1.67. The van der Waals surface area contributed by atoms with Crippen molar-refractivity contribution in [3.8, 4) is 0 Å². The smallest absolute Gasteiger partial charge is 0.240 e. The standard InChI is InChI=1S/C15H25N3O2S/c1-12-5-4-8-18(10-12)11-13(2)17-21(19,20)15-7-3-6-14(16)9-15/h3,6-7,9,12-13,17H,4-5,8,10-11,16H2,1-2H3/t12-,13-/m0/s1. The second kappa shape index (κ2) is 6.77. The SMILES string of the molecule is C[C@H]1CCCN(C[C@H](C)NS(=O)(=O)c2cccc(N)c2)C1. The van der Waals surface area contributed by atoms with Gasteiger partial charge in [0.2, 0.25) is 10.0 Å². The zero-order valence-electron chi connectivity index (χ0n) is 12.7. The molecule has 1 aliphatic heterocycles. The summed E-state index contributed by atoms with van der Waals surface area (Å²) in [5, 5.41) is 0. The van der Waals surface area contributed by atoms with Crippen LogP contribution < -0.4 is 10.5 Å². The summed E-state index contributed by atoms with van der Waals surface area (Å²) in [6, 6.07) is 6.26. The zero-order chi connectivity index (χ0) is 15.5. The van der Waals surface area contributed by atoms with Crippen LogP contribution in [-0.4, -0.2) is 39.0 Å². The summed E-state index contributed by atoms with van der Waals surface area (Å²) in [6.07, 6.45) is 2.45. The third kappa shape index (κ3) is 4.69. The van der Waals surface area contributed by atoms with Crippen molar-refractivity contribution < 1.29 is 8.42 Å². The lowest BCUT2D eigenvalue weighted by atomic mass is 10.00. The molecule has 3 N–H and O–H groups in total. The fourth-order valence-corrected chi connectivity index (χ4v) is 4.18. The zero-order valence-corrected chi connectivity index (χ0v) is 13.6. The Morgan fingerprint density at radius 3 is 2.90 bits per heavy atom. The fourth-order valence-electron chi connectivity index (χ4n) is 2.89. The van der Waals surface area contributed by atoms with E-state index in [1.165, 1.54) is 18.9 Å². The van der Waals surface area contributed by atoms with Crippen LogP contribution in [0.4, 0.5) is 5.69 Å². The summed E-state index contributed by atoms with van der Waals surface area (Å²) in [7, 11) is -3.50. The molecule has 0 amide bonds. The number of anilines is 1. The lowest BCUT2D eigenvalue weighted by Crippen LogP contribution is -2.45. The number of nitrogens with zero attached hydrogens (tertiary/aromatic N) is 1. The molecule has 1 aromatic carbocycles. The minimum Gasteiger partial charge on any atom is -0.399 e. The van der Waals surface area contributed by atoms with Crippen LogP contribution in [0.1, 0.15) is 26.7 Å². The number of benzene rings is 1. The first kappa shape index (κ1) is 16.3. The van der Waals surface area contributed by atoms with Gasteiger partial charge in [0, 0.05) is 24.8 Å². The number of nitrogen functional groups attached to an aromatic ring is 1. The number of hydrogen-bond donors (Lipinski definition) is 2. The van der Waals surface area contributed by atoms with E-state index in [9.17, 15) is 8.42 Å². The maximum atomic E-state index is 12.3. The lowest BCUT2D eigenvalue weighted by Gasteiger charge is -2.32. The molecular formula is C15H25N3O2S. The topological polar surface area (TPSA) is 75.4 Å². The molecule has 2 atom stereocenters. The van der Waals surface area contributed by atoms with E-state index in [4.69, 9.17) is 5.73 Å². The van der Waals surface area contributed by atoms with Gasteiger partial charge in [0.05, 0.1) is 4.90 Å². The Hall–Kier alpha value is -1.11. The van der Waals surface area contributed by atoms with Crippen LogP contribution in [0.5, 0.6) is 0 Å². The molecule has 118 valence electrons. The Bertz CT molecular complexity index is 574. The van der Waals surface area contributed by atoms with Gasteiger partial charge in [-0.25, -0.2) is 13.1 Å². The Morgan fingerprint density at radius 1 is 1.48 bits per heavy atom. The maximum Gasteiger partial charge on any atom is 0.240 e. The Kier molecular flexibility index (Phi) is 5.24. The Balaban J connectivity index is 1.96.